The number of hydrogen-bond acceptors (Lipinski definition) is 4. The number of fused-ring (bicyclic) bond motifs is 1. The van der Waals surface area contributed by atoms with Gasteiger partial charge in [-0.05, 0) is 0 Å². The quantitative estimate of drug-likeness (QED) is 0.781. The van der Waals surface area contributed by atoms with Crippen molar-refractivity contribution in [3.8, 4) is 17.2 Å². The summed E-state index contributed by atoms with van der Waals surface area (Å²) in [7, 11) is 4.85. The van der Waals surface area contributed by atoms with E-state index in [0.29, 0.717) is 36.0 Å². The highest BCUT2D eigenvalue weighted by Crippen LogP contribution is 2.40. The van der Waals surface area contributed by atoms with E-state index >= 15 is 0 Å². The summed E-state index contributed by atoms with van der Waals surface area (Å²) in [5.74, 6) is 1.83. The summed E-state index contributed by atoms with van der Waals surface area (Å²) in [5, 5.41) is 0. The van der Waals surface area contributed by atoms with Gasteiger partial charge in [0.2, 0.25) is 5.91 Å². The second-order valence-corrected chi connectivity index (χ2v) is 3.73. The minimum Gasteiger partial charge on any atom is -0.493 e. The van der Waals surface area contributed by atoms with Gasteiger partial charge in [0.1, 0.15) is 5.75 Å². The molecule has 1 aliphatic rings. The molecule has 0 N–H and O–H groups in total. The number of rotatable bonds is 2. The molecule has 0 saturated carbocycles. The highest BCUT2D eigenvalue weighted by atomic mass is 16.5. The van der Waals surface area contributed by atoms with Crippen molar-refractivity contribution in [3.05, 3.63) is 12.1 Å². The second kappa shape index (κ2) is 4.53. The molecule has 0 aromatic heterocycles. The molecule has 0 aliphatic carbocycles. The highest BCUT2D eigenvalue weighted by molar-refractivity contribution is 5.95. The maximum absolute atomic E-state index is 11.7. The lowest BCUT2D eigenvalue weighted by atomic mass is 10.2. The molecule has 0 fully saturated rings. The van der Waals surface area contributed by atoms with Crippen LogP contribution in [0.4, 0.5) is 5.69 Å². The Bertz CT molecular complexity index is 444. The van der Waals surface area contributed by atoms with Crippen molar-refractivity contribution >= 4 is 11.6 Å². The molecule has 5 heteroatoms. The van der Waals surface area contributed by atoms with Crippen LogP contribution >= 0.6 is 0 Å². The molecule has 0 unspecified atom stereocenters. The third-order valence-electron chi connectivity index (χ3n) is 2.77. The van der Waals surface area contributed by atoms with Gasteiger partial charge in [-0.2, -0.15) is 0 Å². The van der Waals surface area contributed by atoms with Crippen molar-refractivity contribution in [2.75, 3.05) is 32.8 Å². The largest absolute Gasteiger partial charge is 0.493 e. The van der Waals surface area contributed by atoms with Crippen LogP contribution in [0.2, 0.25) is 0 Å². The molecule has 1 heterocycles. The molecular weight excluding hydrogens is 222 g/mol. The van der Waals surface area contributed by atoms with Gasteiger partial charge in [-0.25, -0.2) is 0 Å². The van der Waals surface area contributed by atoms with Gasteiger partial charge < -0.3 is 19.1 Å². The van der Waals surface area contributed by atoms with Gasteiger partial charge in [0.25, 0.3) is 0 Å². The zero-order valence-electron chi connectivity index (χ0n) is 10.1. The summed E-state index contributed by atoms with van der Waals surface area (Å²) in [6, 6.07) is 3.49. The average Bonchev–Trinajstić information content (AvgIpc) is 2.48. The number of ether oxygens (including phenoxy) is 3. The smallest absolute Gasteiger partial charge is 0.230 e. The Labute approximate surface area is 99.9 Å². The average molecular weight is 237 g/mol. The van der Waals surface area contributed by atoms with E-state index in [-0.39, 0.29) is 5.91 Å². The Balaban J connectivity index is 2.52. The first kappa shape index (κ1) is 11.6. The summed E-state index contributed by atoms with van der Waals surface area (Å²) < 4.78 is 15.9. The van der Waals surface area contributed by atoms with E-state index < -0.39 is 0 Å². The predicted octanol–water partition coefficient (Wildman–Crippen LogP) is 1.45. The van der Waals surface area contributed by atoms with Crippen LogP contribution < -0.4 is 19.1 Å². The van der Waals surface area contributed by atoms with E-state index in [2.05, 4.69) is 0 Å². The van der Waals surface area contributed by atoms with Crippen LogP contribution in [-0.4, -0.2) is 33.8 Å². The van der Waals surface area contributed by atoms with E-state index in [1.807, 2.05) is 0 Å². The molecule has 0 atom stereocenters. The van der Waals surface area contributed by atoms with Gasteiger partial charge >= 0.3 is 0 Å². The Morgan fingerprint density at radius 3 is 2.53 bits per heavy atom. The highest BCUT2D eigenvalue weighted by Gasteiger charge is 2.22. The third-order valence-corrected chi connectivity index (χ3v) is 2.77. The molecule has 1 amide bonds. The summed E-state index contributed by atoms with van der Waals surface area (Å²) in [4.78, 5) is 13.3. The van der Waals surface area contributed by atoms with Gasteiger partial charge in [0.05, 0.1) is 32.9 Å². The Kier molecular flexibility index (Phi) is 3.08. The van der Waals surface area contributed by atoms with Crippen molar-refractivity contribution in [1.29, 1.82) is 0 Å². The van der Waals surface area contributed by atoms with Gasteiger partial charge in [-0.15, -0.1) is 0 Å². The lowest BCUT2D eigenvalue weighted by Gasteiger charge is -2.18. The first-order valence-electron chi connectivity index (χ1n) is 5.32. The van der Waals surface area contributed by atoms with Crippen LogP contribution in [0.25, 0.3) is 0 Å². The first-order valence-corrected chi connectivity index (χ1v) is 5.32. The Hall–Kier alpha value is -1.91. The van der Waals surface area contributed by atoms with E-state index in [0.717, 1.165) is 0 Å². The van der Waals surface area contributed by atoms with Crippen LogP contribution in [0.3, 0.4) is 0 Å². The van der Waals surface area contributed by atoms with Crippen LogP contribution in [0.5, 0.6) is 17.2 Å². The first-order chi connectivity index (χ1) is 8.17. The number of benzene rings is 1. The topological polar surface area (TPSA) is 48.0 Å². The van der Waals surface area contributed by atoms with Crippen molar-refractivity contribution in [2.45, 2.75) is 6.42 Å². The normalized spacial score (nSPS) is 14.8. The summed E-state index contributed by atoms with van der Waals surface area (Å²) >= 11 is 0. The molecule has 1 aliphatic heterocycles. The van der Waals surface area contributed by atoms with Gasteiger partial charge in [0.15, 0.2) is 11.5 Å². The second-order valence-electron chi connectivity index (χ2n) is 3.73. The molecule has 92 valence electrons. The Morgan fingerprint density at radius 1 is 1.24 bits per heavy atom. The number of carbonyl (C=O) groups is 1. The maximum Gasteiger partial charge on any atom is 0.230 e. The lowest BCUT2D eigenvalue weighted by molar-refractivity contribution is -0.118. The van der Waals surface area contributed by atoms with Crippen LogP contribution in [-0.2, 0) is 4.79 Å². The molecule has 0 spiro atoms. The van der Waals surface area contributed by atoms with Crippen molar-refractivity contribution in [3.63, 3.8) is 0 Å². The van der Waals surface area contributed by atoms with Gasteiger partial charge in [0, 0.05) is 19.2 Å². The minimum absolute atomic E-state index is 0.0240. The number of hydrogen-bond donors (Lipinski definition) is 0. The van der Waals surface area contributed by atoms with E-state index in [1.54, 1.807) is 38.3 Å². The summed E-state index contributed by atoms with van der Waals surface area (Å²) in [5.41, 5.74) is 0.699. The van der Waals surface area contributed by atoms with E-state index in [9.17, 15) is 4.79 Å². The molecular formula is C12H15NO4. The standard InChI is InChI=1S/C12H15NO4/c1-13-8-6-10(15-2)11(16-3)7-9(8)17-5-4-12(13)14/h6-7H,4-5H2,1-3H3. The monoisotopic (exact) mass is 237 g/mol. The maximum atomic E-state index is 11.7. The van der Waals surface area contributed by atoms with Crippen LogP contribution in [0.15, 0.2) is 12.1 Å². The minimum atomic E-state index is 0.0240. The third kappa shape index (κ3) is 2.00. The number of nitrogens with zero attached hydrogens (tertiary/aromatic N) is 1. The van der Waals surface area contributed by atoms with E-state index in [4.69, 9.17) is 14.2 Å². The van der Waals surface area contributed by atoms with E-state index in [1.165, 1.54) is 0 Å². The zero-order chi connectivity index (χ0) is 12.4. The predicted molar refractivity (Wildman–Crippen MR) is 63.1 cm³/mol. The molecule has 17 heavy (non-hydrogen) atoms. The number of amides is 1. The fourth-order valence-electron chi connectivity index (χ4n) is 1.78. The molecule has 5 nitrogen and oxygen atoms in total. The fourth-order valence-corrected chi connectivity index (χ4v) is 1.78. The molecule has 0 bridgehead atoms. The van der Waals surface area contributed by atoms with Crippen molar-refractivity contribution < 1.29 is 19.0 Å². The van der Waals surface area contributed by atoms with Crippen LogP contribution in [0, 0.1) is 0 Å². The number of carbonyl (C=O) groups excluding carboxylic acids is 1. The zero-order valence-corrected chi connectivity index (χ0v) is 10.1. The Morgan fingerprint density at radius 2 is 1.88 bits per heavy atom. The van der Waals surface area contributed by atoms with Crippen molar-refractivity contribution in [1.82, 2.24) is 0 Å². The van der Waals surface area contributed by atoms with Gasteiger partial charge in [-0.3, -0.25) is 4.79 Å². The molecule has 0 saturated heterocycles. The van der Waals surface area contributed by atoms with Gasteiger partial charge in [-0.1, -0.05) is 0 Å². The molecule has 1 aromatic rings. The number of methoxy groups -OCH3 is 2. The lowest BCUT2D eigenvalue weighted by Crippen LogP contribution is -2.25. The summed E-state index contributed by atoms with van der Waals surface area (Å²) in [6.07, 6.45) is 0.371. The SMILES string of the molecule is COc1cc2c(cc1OC)N(C)C(=O)CCO2. The molecule has 2 rings (SSSR count). The molecule has 1 aromatic carbocycles. The summed E-state index contributed by atoms with van der Waals surface area (Å²) in [6.45, 7) is 0.381. The molecule has 0 radical (unpaired) electrons. The fraction of sp³-hybridized carbons (Fsp3) is 0.417. The van der Waals surface area contributed by atoms with Crippen LogP contribution in [0.1, 0.15) is 6.42 Å². The number of anilines is 1. The van der Waals surface area contributed by atoms with Crippen molar-refractivity contribution in [2.24, 2.45) is 0 Å².